The van der Waals surface area contributed by atoms with E-state index in [1.807, 2.05) is 0 Å². The van der Waals surface area contributed by atoms with E-state index in [2.05, 4.69) is 15.5 Å². The van der Waals surface area contributed by atoms with Crippen LogP contribution in [0.3, 0.4) is 0 Å². The fourth-order valence-corrected chi connectivity index (χ4v) is 4.84. The maximum Gasteiger partial charge on any atom is 0.338 e. The summed E-state index contributed by atoms with van der Waals surface area (Å²) in [5.41, 5.74) is 0.813. The SMILES string of the molecule is O=C(OCC(=O)N1CCN(S(=O)(=O)c2ccc(Cl)cc2)CC1)c1cccc(-n2cnnn2)c1. The van der Waals surface area contributed by atoms with Gasteiger partial charge in [0.05, 0.1) is 16.1 Å². The molecule has 1 aliphatic rings. The minimum atomic E-state index is -3.68. The maximum atomic E-state index is 12.8. The summed E-state index contributed by atoms with van der Waals surface area (Å²) >= 11 is 5.83. The summed E-state index contributed by atoms with van der Waals surface area (Å²) in [6.07, 6.45) is 1.39. The normalized spacial score (nSPS) is 14.8. The molecule has 3 aromatic rings. The lowest BCUT2D eigenvalue weighted by Crippen LogP contribution is -2.51. The van der Waals surface area contributed by atoms with Gasteiger partial charge in [-0.3, -0.25) is 4.79 Å². The smallest absolute Gasteiger partial charge is 0.338 e. The number of esters is 1. The molecule has 0 atom stereocenters. The van der Waals surface area contributed by atoms with Crippen molar-refractivity contribution in [1.82, 2.24) is 29.4 Å². The standard InChI is InChI=1S/C20H19ClN6O5S/c21-16-4-6-18(7-5-16)33(30,31)26-10-8-25(9-11-26)19(28)13-32-20(29)15-2-1-3-17(12-15)27-14-22-23-24-27/h1-7,12,14H,8-11,13H2. The van der Waals surface area contributed by atoms with Crippen LogP contribution in [0.15, 0.2) is 59.8 Å². The molecule has 33 heavy (non-hydrogen) atoms. The lowest BCUT2D eigenvalue weighted by molar-refractivity contribution is -0.135. The van der Waals surface area contributed by atoms with Gasteiger partial charge in [-0.1, -0.05) is 17.7 Å². The summed E-state index contributed by atoms with van der Waals surface area (Å²) in [5, 5.41) is 11.3. The van der Waals surface area contributed by atoms with Gasteiger partial charge in [0.25, 0.3) is 5.91 Å². The van der Waals surface area contributed by atoms with E-state index < -0.39 is 28.5 Å². The van der Waals surface area contributed by atoms with E-state index >= 15 is 0 Å². The van der Waals surface area contributed by atoms with E-state index in [0.29, 0.717) is 10.7 Å². The van der Waals surface area contributed by atoms with Crippen molar-refractivity contribution in [3.05, 3.63) is 65.4 Å². The number of amides is 1. The Bertz CT molecular complexity index is 1240. The highest BCUT2D eigenvalue weighted by Crippen LogP contribution is 2.20. The Kier molecular flexibility index (Phi) is 6.67. The zero-order valence-corrected chi connectivity index (χ0v) is 18.8. The molecule has 172 valence electrons. The van der Waals surface area contributed by atoms with Crippen LogP contribution in [0, 0.1) is 0 Å². The van der Waals surface area contributed by atoms with Crippen molar-refractivity contribution < 1.29 is 22.7 Å². The average Bonchev–Trinajstić information content (AvgIpc) is 3.38. The lowest BCUT2D eigenvalue weighted by atomic mass is 10.2. The Morgan fingerprint density at radius 2 is 1.76 bits per heavy atom. The van der Waals surface area contributed by atoms with Crippen LogP contribution in [-0.2, 0) is 19.6 Å². The molecule has 0 radical (unpaired) electrons. The van der Waals surface area contributed by atoms with Crippen molar-refractivity contribution >= 4 is 33.5 Å². The van der Waals surface area contributed by atoms with Gasteiger partial charge in [0.1, 0.15) is 6.33 Å². The Labute approximate surface area is 194 Å². The minimum absolute atomic E-state index is 0.138. The van der Waals surface area contributed by atoms with Gasteiger partial charge in [0, 0.05) is 31.2 Å². The average molecular weight is 491 g/mol. The first-order chi connectivity index (χ1) is 15.8. The lowest BCUT2D eigenvalue weighted by Gasteiger charge is -2.33. The van der Waals surface area contributed by atoms with Crippen molar-refractivity contribution in [1.29, 1.82) is 0 Å². The first kappa shape index (κ1) is 22.8. The van der Waals surface area contributed by atoms with E-state index in [0.717, 1.165) is 0 Å². The van der Waals surface area contributed by atoms with Crippen LogP contribution in [0.2, 0.25) is 5.02 Å². The number of tetrazole rings is 1. The van der Waals surface area contributed by atoms with E-state index in [1.165, 1.54) is 44.5 Å². The number of piperazine rings is 1. The summed E-state index contributed by atoms with van der Waals surface area (Å²) in [6, 6.07) is 12.4. The van der Waals surface area contributed by atoms with E-state index in [1.54, 1.807) is 24.3 Å². The summed E-state index contributed by atoms with van der Waals surface area (Å²) in [4.78, 5) is 26.5. The van der Waals surface area contributed by atoms with Crippen LogP contribution < -0.4 is 0 Å². The maximum absolute atomic E-state index is 12.8. The number of aromatic nitrogens is 4. The van der Waals surface area contributed by atoms with Gasteiger partial charge < -0.3 is 9.64 Å². The molecular formula is C20H19ClN6O5S. The number of hydrogen-bond donors (Lipinski definition) is 0. The molecule has 11 nitrogen and oxygen atoms in total. The quantitative estimate of drug-likeness (QED) is 0.468. The molecule has 0 bridgehead atoms. The fourth-order valence-electron chi connectivity index (χ4n) is 3.29. The first-order valence-corrected chi connectivity index (χ1v) is 11.7. The third-order valence-corrected chi connectivity index (χ3v) is 7.23. The summed E-state index contributed by atoms with van der Waals surface area (Å²) in [7, 11) is -3.68. The summed E-state index contributed by atoms with van der Waals surface area (Å²) in [5.74, 6) is -1.06. The molecule has 1 amide bonds. The van der Waals surface area contributed by atoms with Crippen molar-refractivity contribution in [2.24, 2.45) is 0 Å². The van der Waals surface area contributed by atoms with Crippen LogP contribution in [0.25, 0.3) is 5.69 Å². The molecule has 4 rings (SSSR count). The molecule has 2 heterocycles. The number of nitrogens with zero attached hydrogens (tertiary/aromatic N) is 6. The van der Waals surface area contributed by atoms with Gasteiger partial charge in [-0.05, 0) is 52.9 Å². The third kappa shape index (κ3) is 5.18. The number of rotatable bonds is 6. The van der Waals surface area contributed by atoms with Crippen molar-refractivity contribution in [2.75, 3.05) is 32.8 Å². The van der Waals surface area contributed by atoms with Crippen molar-refractivity contribution in [3.63, 3.8) is 0 Å². The minimum Gasteiger partial charge on any atom is -0.452 e. The number of carbonyl (C=O) groups excluding carboxylic acids is 2. The summed E-state index contributed by atoms with van der Waals surface area (Å²) in [6.45, 7) is 0.213. The summed E-state index contributed by atoms with van der Waals surface area (Å²) < 4.78 is 33.4. The molecule has 1 aliphatic heterocycles. The van der Waals surface area contributed by atoms with Crippen LogP contribution >= 0.6 is 11.6 Å². The second kappa shape index (κ2) is 9.65. The van der Waals surface area contributed by atoms with Crippen LogP contribution in [0.1, 0.15) is 10.4 Å². The number of halogens is 1. The number of ether oxygens (including phenoxy) is 1. The number of benzene rings is 2. The highest BCUT2D eigenvalue weighted by atomic mass is 35.5. The number of carbonyl (C=O) groups is 2. The van der Waals surface area contributed by atoms with Crippen LogP contribution in [0.5, 0.6) is 0 Å². The zero-order valence-electron chi connectivity index (χ0n) is 17.2. The molecule has 1 saturated heterocycles. The van der Waals surface area contributed by atoms with Crippen LogP contribution in [-0.4, -0.2) is 82.5 Å². The van der Waals surface area contributed by atoms with Gasteiger partial charge >= 0.3 is 5.97 Å². The molecule has 13 heteroatoms. The van der Waals surface area contributed by atoms with E-state index in [9.17, 15) is 18.0 Å². The van der Waals surface area contributed by atoms with Crippen molar-refractivity contribution in [3.8, 4) is 5.69 Å². The highest BCUT2D eigenvalue weighted by Gasteiger charge is 2.30. The molecule has 0 aliphatic carbocycles. The number of hydrogen-bond acceptors (Lipinski definition) is 8. The predicted octanol–water partition coefficient (Wildman–Crippen LogP) is 1.01. The highest BCUT2D eigenvalue weighted by molar-refractivity contribution is 7.89. The molecular weight excluding hydrogens is 472 g/mol. The monoisotopic (exact) mass is 490 g/mol. The molecule has 1 fully saturated rings. The van der Waals surface area contributed by atoms with Gasteiger partial charge in [0.2, 0.25) is 10.0 Å². The molecule has 2 aromatic carbocycles. The Morgan fingerprint density at radius 1 is 1.03 bits per heavy atom. The number of sulfonamides is 1. The molecule has 1 aromatic heterocycles. The predicted molar refractivity (Wildman–Crippen MR) is 116 cm³/mol. The van der Waals surface area contributed by atoms with E-state index in [4.69, 9.17) is 16.3 Å². The Morgan fingerprint density at radius 3 is 2.42 bits per heavy atom. The van der Waals surface area contributed by atoms with Gasteiger partial charge in [0.15, 0.2) is 6.61 Å². The van der Waals surface area contributed by atoms with Gasteiger partial charge in [-0.25, -0.2) is 17.9 Å². The second-order valence-corrected chi connectivity index (χ2v) is 9.49. The van der Waals surface area contributed by atoms with Gasteiger partial charge in [-0.15, -0.1) is 5.10 Å². The zero-order chi connectivity index (χ0) is 23.4. The Hall–Kier alpha value is -3.35. The third-order valence-electron chi connectivity index (χ3n) is 5.06. The fraction of sp³-hybridized carbons (Fsp3) is 0.250. The molecule has 0 unspecified atom stereocenters. The van der Waals surface area contributed by atoms with E-state index in [-0.39, 0.29) is 36.6 Å². The largest absolute Gasteiger partial charge is 0.452 e. The van der Waals surface area contributed by atoms with Gasteiger partial charge in [-0.2, -0.15) is 4.31 Å². The molecule has 0 spiro atoms. The topological polar surface area (TPSA) is 128 Å². The Balaban J connectivity index is 1.30. The first-order valence-electron chi connectivity index (χ1n) is 9.88. The molecule has 0 saturated carbocycles. The van der Waals surface area contributed by atoms with Crippen molar-refractivity contribution in [2.45, 2.75) is 4.90 Å². The van der Waals surface area contributed by atoms with Crippen LogP contribution in [0.4, 0.5) is 0 Å². The molecule has 0 N–H and O–H groups in total. The second-order valence-electron chi connectivity index (χ2n) is 7.12.